The number of hydrogen-bond acceptors (Lipinski definition) is 4. The van der Waals surface area contributed by atoms with Gasteiger partial charge in [0, 0.05) is 5.56 Å². The van der Waals surface area contributed by atoms with Crippen molar-refractivity contribution in [2.75, 3.05) is 6.79 Å². The van der Waals surface area contributed by atoms with E-state index in [9.17, 15) is 4.79 Å². The zero-order chi connectivity index (χ0) is 11.0. The molecule has 1 aliphatic carbocycles. The number of hydrogen-bond donors (Lipinski definition) is 0. The molecule has 0 N–H and O–H groups in total. The van der Waals surface area contributed by atoms with E-state index in [1.807, 2.05) is 18.2 Å². The molecule has 1 aromatic rings. The second kappa shape index (κ2) is 3.44. The van der Waals surface area contributed by atoms with Crippen molar-refractivity contribution in [1.29, 1.82) is 0 Å². The average Bonchev–Trinajstić information content (AvgIpc) is 3.10. The average molecular weight is 217 g/mol. The molecule has 1 fully saturated rings. The van der Waals surface area contributed by atoms with Gasteiger partial charge in [0.2, 0.25) is 6.08 Å². The fraction of sp³-hybridized carbons (Fsp3) is 0.417. The molecule has 82 valence electrons. The van der Waals surface area contributed by atoms with Crippen LogP contribution in [0, 0.1) is 0 Å². The van der Waals surface area contributed by atoms with Crippen LogP contribution >= 0.6 is 0 Å². The number of ether oxygens (including phenoxy) is 2. The summed E-state index contributed by atoms with van der Waals surface area (Å²) in [5, 5.41) is 0. The highest BCUT2D eigenvalue weighted by Gasteiger charge is 2.45. The molecular formula is C12H11NO3. The summed E-state index contributed by atoms with van der Waals surface area (Å²) >= 11 is 0. The number of aliphatic imine (C=N–C) groups is 1. The van der Waals surface area contributed by atoms with Gasteiger partial charge in [-0.25, -0.2) is 4.79 Å². The lowest BCUT2D eigenvalue weighted by atomic mass is 10.0. The smallest absolute Gasteiger partial charge is 0.235 e. The summed E-state index contributed by atoms with van der Waals surface area (Å²) in [6.07, 6.45) is 3.50. The van der Waals surface area contributed by atoms with Crippen molar-refractivity contribution in [3.05, 3.63) is 29.3 Å². The van der Waals surface area contributed by atoms with E-state index < -0.39 is 0 Å². The Bertz CT molecular complexity index is 473. The summed E-state index contributed by atoms with van der Waals surface area (Å²) in [4.78, 5) is 14.3. The number of benzene rings is 1. The molecule has 0 radical (unpaired) electrons. The largest absolute Gasteiger partial charge is 0.467 e. The van der Waals surface area contributed by atoms with E-state index in [2.05, 4.69) is 4.99 Å². The molecule has 4 heteroatoms. The van der Waals surface area contributed by atoms with Crippen molar-refractivity contribution in [3.63, 3.8) is 0 Å². The van der Waals surface area contributed by atoms with Gasteiger partial charge in [-0.3, -0.25) is 0 Å². The second-order valence-electron chi connectivity index (χ2n) is 4.17. The summed E-state index contributed by atoms with van der Waals surface area (Å²) in [5.74, 6) is 0.862. The molecule has 1 aromatic carbocycles. The molecule has 16 heavy (non-hydrogen) atoms. The van der Waals surface area contributed by atoms with Crippen LogP contribution in [0.1, 0.15) is 24.0 Å². The zero-order valence-electron chi connectivity index (χ0n) is 8.73. The van der Waals surface area contributed by atoms with E-state index in [0.29, 0.717) is 13.4 Å². The zero-order valence-corrected chi connectivity index (χ0v) is 8.73. The first kappa shape index (κ1) is 9.58. The SMILES string of the molecule is O=C=NC1(c2ccc3c(c2)COCO3)CC1. The van der Waals surface area contributed by atoms with Gasteiger partial charge in [-0.2, -0.15) is 4.99 Å². The number of isocyanates is 1. The van der Waals surface area contributed by atoms with Crippen molar-refractivity contribution < 1.29 is 14.3 Å². The molecule has 0 saturated heterocycles. The Labute approximate surface area is 92.9 Å². The maximum absolute atomic E-state index is 10.4. The summed E-state index contributed by atoms with van der Waals surface area (Å²) in [6, 6.07) is 5.91. The van der Waals surface area contributed by atoms with E-state index in [1.54, 1.807) is 6.08 Å². The van der Waals surface area contributed by atoms with Gasteiger partial charge >= 0.3 is 0 Å². The molecule has 3 rings (SSSR count). The van der Waals surface area contributed by atoms with Gasteiger partial charge < -0.3 is 9.47 Å². The number of carbonyl (C=O) groups excluding carboxylic acids is 1. The van der Waals surface area contributed by atoms with Crippen molar-refractivity contribution in [2.45, 2.75) is 25.0 Å². The lowest BCUT2D eigenvalue weighted by Crippen LogP contribution is -2.12. The van der Waals surface area contributed by atoms with Gasteiger partial charge in [0.05, 0.1) is 12.1 Å². The lowest BCUT2D eigenvalue weighted by molar-refractivity contribution is -0.0164. The van der Waals surface area contributed by atoms with Crippen molar-refractivity contribution in [1.82, 2.24) is 0 Å². The van der Waals surface area contributed by atoms with Gasteiger partial charge in [-0.15, -0.1) is 0 Å². The lowest BCUT2D eigenvalue weighted by Gasteiger charge is -2.19. The Morgan fingerprint density at radius 3 is 3.00 bits per heavy atom. The third kappa shape index (κ3) is 1.43. The van der Waals surface area contributed by atoms with Gasteiger partial charge in [-0.05, 0) is 30.5 Å². The Hall–Kier alpha value is -1.64. The molecule has 0 bridgehead atoms. The van der Waals surface area contributed by atoms with E-state index in [0.717, 1.165) is 29.7 Å². The minimum absolute atomic E-state index is 0.310. The monoisotopic (exact) mass is 217 g/mol. The fourth-order valence-corrected chi connectivity index (χ4v) is 2.05. The molecule has 1 heterocycles. The first-order valence-electron chi connectivity index (χ1n) is 5.27. The number of fused-ring (bicyclic) bond motifs is 1. The van der Waals surface area contributed by atoms with E-state index in [-0.39, 0.29) is 5.54 Å². The standard InChI is InChI=1S/C12H11NO3/c14-7-13-12(3-4-12)10-1-2-11-9(5-10)6-15-8-16-11/h1-2,5H,3-4,6,8H2. The molecule has 4 nitrogen and oxygen atoms in total. The van der Waals surface area contributed by atoms with E-state index in [1.165, 1.54) is 0 Å². The number of rotatable bonds is 2. The van der Waals surface area contributed by atoms with Gasteiger partial charge in [-0.1, -0.05) is 6.07 Å². The molecule has 1 saturated carbocycles. The van der Waals surface area contributed by atoms with Crippen LogP contribution in [0.5, 0.6) is 5.75 Å². The van der Waals surface area contributed by atoms with E-state index in [4.69, 9.17) is 9.47 Å². The first-order chi connectivity index (χ1) is 7.84. The third-order valence-corrected chi connectivity index (χ3v) is 3.14. The fourth-order valence-electron chi connectivity index (χ4n) is 2.05. The topological polar surface area (TPSA) is 47.9 Å². The predicted octanol–water partition coefficient (Wildman–Crippen LogP) is 1.88. The van der Waals surface area contributed by atoms with E-state index >= 15 is 0 Å². The molecule has 0 unspecified atom stereocenters. The van der Waals surface area contributed by atoms with Gasteiger partial charge in [0.25, 0.3) is 0 Å². The highest BCUT2D eigenvalue weighted by atomic mass is 16.7. The summed E-state index contributed by atoms with van der Waals surface area (Å²) in [5.41, 5.74) is 1.77. The van der Waals surface area contributed by atoms with Crippen molar-refractivity contribution in [3.8, 4) is 5.75 Å². The van der Waals surface area contributed by atoms with Crippen LogP contribution in [0.25, 0.3) is 0 Å². The summed E-state index contributed by atoms with van der Waals surface area (Å²) < 4.78 is 10.6. The molecule has 0 amide bonds. The molecule has 0 aromatic heterocycles. The van der Waals surface area contributed by atoms with Crippen LogP contribution in [0.2, 0.25) is 0 Å². The third-order valence-electron chi connectivity index (χ3n) is 3.14. The quantitative estimate of drug-likeness (QED) is 0.561. The summed E-state index contributed by atoms with van der Waals surface area (Å²) in [6.45, 7) is 0.869. The van der Waals surface area contributed by atoms with Crippen LogP contribution in [0.4, 0.5) is 0 Å². The molecule has 2 aliphatic rings. The Morgan fingerprint density at radius 1 is 1.38 bits per heavy atom. The number of nitrogens with zero attached hydrogens (tertiary/aromatic N) is 1. The maximum Gasteiger partial charge on any atom is 0.235 e. The Morgan fingerprint density at radius 2 is 2.25 bits per heavy atom. The maximum atomic E-state index is 10.4. The Balaban J connectivity index is 2.00. The second-order valence-corrected chi connectivity index (χ2v) is 4.17. The van der Waals surface area contributed by atoms with Crippen molar-refractivity contribution >= 4 is 6.08 Å². The Kier molecular flexibility index (Phi) is 2.06. The van der Waals surface area contributed by atoms with Gasteiger partial charge in [0.1, 0.15) is 5.75 Å². The molecule has 0 spiro atoms. The highest BCUT2D eigenvalue weighted by Crippen LogP contribution is 2.50. The van der Waals surface area contributed by atoms with Crippen LogP contribution in [0.15, 0.2) is 23.2 Å². The minimum Gasteiger partial charge on any atom is -0.467 e. The predicted molar refractivity (Wildman–Crippen MR) is 55.8 cm³/mol. The highest BCUT2D eigenvalue weighted by molar-refractivity contribution is 5.45. The summed E-state index contributed by atoms with van der Waals surface area (Å²) in [7, 11) is 0. The minimum atomic E-state index is -0.311. The van der Waals surface area contributed by atoms with Crippen molar-refractivity contribution in [2.24, 2.45) is 4.99 Å². The molecular weight excluding hydrogens is 206 g/mol. The van der Waals surface area contributed by atoms with Crippen LogP contribution < -0.4 is 4.74 Å². The van der Waals surface area contributed by atoms with Crippen LogP contribution in [-0.4, -0.2) is 12.9 Å². The molecule has 1 aliphatic heterocycles. The molecule has 0 atom stereocenters. The van der Waals surface area contributed by atoms with Gasteiger partial charge in [0.15, 0.2) is 6.79 Å². The van der Waals surface area contributed by atoms with Crippen LogP contribution in [-0.2, 0) is 21.7 Å². The van der Waals surface area contributed by atoms with Crippen LogP contribution in [0.3, 0.4) is 0 Å². The first-order valence-corrected chi connectivity index (χ1v) is 5.27. The normalized spacial score (nSPS) is 20.2.